The molecule has 0 bridgehead atoms. The number of hydrogen-bond acceptors (Lipinski definition) is 5. The van der Waals surface area contributed by atoms with E-state index in [0.29, 0.717) is 55.5 Å². The van der Waals surface area contributed by atoms with Crippen LogP contribution in [-0.2, 0) is 11.3 Å². The molecule has 5 nitrogen and oxygen atoms in total. The lowest BCUT2D eigenvalue weighted by Crippen LogP contribution is -2.36. The van der Waals surface area contributed by atoms with Crippen LogP contribution in [0.5, 0.6) is 5.75 Å². The lowest BCUT2D eigenvalue weighted by Gasteiger charge is -2.27. The van der Waals surface area contributed by atoms with Crippen LogP contribution in [0, 0.1) is 0 Å². The third-order valence-electron chi connectivity index (χ3n) is 5.28. The standard InChI is InChI=1S/C24H21NO4/c26-22-15-24(25-10-12-27-13-11-25)29-23-14-19(8-9-21(22)23)28-16-18-6-3-5-17-4-1-2-7-20(17)18/h1-9,14-15H,10-13,16H2. The minimum Gasteiger partial charge on any atom is -0.489 e. The van der Waals surface area contributed by atoms with E-state index in [9.17, 15) is 4.79 Å². The first-order chi connectivity index (χ1) is 14.3. The van der Waals surface area contributed by atoms with Crippen LogP contribution in [0.1, 0.15) is 5.56 Å². The van der Waals surface area contributed by atoms with Crippen LogP contribution in [0.15, 0.2) is 75.9 Å². The Balaban J connectivity index is 1.43. The maximum Gasteiger partial charge on any atom is 0.200 e. The number of nitrogens with zero attached hydrogens (tertiary/aromatic N) is 1. The summed E-state index contributed by atoms with van der Waals surface area (Å²) in [6.07, 6.45) is 0. The molecule has 4 aromatic rings. The van der Waals surface area contributed by atoms with Gasteiger partial charge in [-0.3, -0.25) is 4.79 Å². The van der Waals surface area contributed by atoms with Crippen molar-refractivity contribution in [3.8, 4) is 5.75 Å². The van der Waals surface area contributed by atoms with Crippen molar-refractivity contribution in [1.29, 1.82) is 0 Å². The van der Waals surface area contributed by atoms with Gasteiger partial charge in [-0.15, -0.1) is 0 Å². The molecule has 146 valence electrons. The van der Waals surface area contributed by atoms with Crippen LogP contribution >= 0.6 is 0 Å². The van der Waals surface area contributed by atoms with Gasteiger partial charge in [0.1, 0.15) is 17.9 Å². The molecule has 5 heteroatoms. The van der Waals surface area contributed by atoms with Gasteiger partial charge in [0.25, 0.3) is 0 Å². The molecule has 0 atom stereocenters. The van der Waals surface area contributed by atoms with Crippen molar-refractivity contribution >= 4 is 27.6 Å². The molecule has 1 aliphatic heterocycles. The predicted molar refractivity (Wildman–Crippen MR) is 114 cm³/mol. The number of rotatable bonds is 4. The monoisotopic (exact) mass is 387 g/mol. The number of anilines is 1. The molecule has 0 amide bonds. The first kappa shape index (κ1) is 17.8. The zero-order chi connectivity index (χ0) is 19.6. The smallest absolute Gasteiger partial charge is 0.200 e. The van der Waals surface area contributed by atoms with E-state index >= 15 is 0 Å². The van der Waals surface area contributed by atoms with Gasteiger partial charge >= 0.3 is 0 Å². The van der Waals surface area contributed by atoms with Crippen LogP contribution < -0.4 is 15.1 Å². The van der Waals surface area contributed by atoms with Gasteiger partial charge in [0.05, 0.1) is 18.6 Å². The predicted octanol–water partition coefficient (Wildman–Crippen LogP) is 4.36. The van der Waals surface area contributed by atoms with Gasteiger partial charge in [-0.2, -0.15) is 0 Å². The van der Waals surface area contributed by atoms with Gasteiger partial charge in [-0.25, -0.2) is 0 Å². The summed E-state index contributed by atoms with van der Waals surface area (Å²) in [5.41, 5.74) is 1.61. The van der Waals surface area contributed by atoms with Crippen LogP contribution in [0.25, 0.3) is 21.7 Å². The Morgan fingerprint density at radius 3 is 2.62 bits per heavy atom. The minimum absolute atomic E-state index is 0.0478. The van der Waals surface area contributed by atoms with E-state index in [1.54, 1.807) is 18.2 Å². The lowest BCUT2D eigenvalue weighted by molar-refractivity contribution is 0.121. The summed E-state index contributed by atoms with van der Waals surface area (Å²) in [6, 6.07) is 21.4. The molecule has 1 saturated heterocycles. The van der Waals surface area contributed by atoms with Crippen molar-refractivity contribution in [1.82, 2.24) is 0 Å². The Morgan fingerprint density at radius 2 is 1.72 bits per heavy atom. The van der Waals surface area contributed by atoms with E-state index in [-0.39, 0.29) is 5.43 Å². The van der Waals surface area contributed by atoms with Crippen LogP contribution in [0.2, 0.25) is 0 Å². The SMILES string of the molecule is O=c1cc(N2CCOCC2)oc2cc(OCc3cccc4ccccc34)ccc12. The van der Waals surface area contributed by atoms with Crippen LogP contribution in [0.3, 0.4) is 0 Å². The second-order valence-electron chi connectivity index (χ2n) is 7.13. The maximum atomic E-state index is 12.5. The first-order valence-electron chi connectivity index (χ1n) is 9.78. The molecular formula is C24H21NO4. The summed E-state index contributed by atoms with van der Waals surface area (Å²) in [5.74, 6) is 1.25. The molecular weight excluding hydrogens is 366 g/mol. The van der Waals surface area contributed by atoms with Crippen molar-refractivity contribution < 1.29 is 13.9 Å². The van der Waals surface area contributed by atoms with E-state index in [2.05, 4.69) is 24.3 Å². The summed E-state index contributed by atoms with van der Waals surface area (Å²) in [6.45, 7) is 3.14. The van der Waals surface area contributed by atoms with Crippen LogP contribution in [0.4, 0.5) is 5.88 Å². The molecule has 1 fully saturated rings. The highest BCUT2D eigenvalue weighted by Gasteiger charge is 2.15. The Kier molecular flexibility index (Phi) is 4.66. The fourth-order valence-electron chi connectivity index (χ4n) is 3.73. The molecule has 2 heterocycles. The largest absolute Gasteiger partial charge is 0.489 e. The average Bonchev–Trinajstić information content (AvgIpc) is 2.78. The highest BCUT2D eigenvalue weighted by atomic mass is 16.5. The zero-order valence-corrected chi connectivity index (χ0v) is 16.0. The first-order valence-corrected chi connectivity index (χ1v) is 9.78. The van der Waals surface area contributed by atoms with Crippen LogP contribution in [-0.4, -0.2) is 26.3 Å². The minimum atomic E-state index is -0.0478. The molecule has 0 spiro atoms. The van der Waals surface area contributed by atoms with Crippen molar-refractivity contribution in [3.05, 3.63) is 82.5 Å². The van der Waals surface area contributed by atoms with E-state index < -0.39 is 0 Å². The summed E-state index contributed by atoms with van der Waals surface area (Å²) in [5, 5.41) is 2.92. The van der Waals surface area contributed by atoms with Gasteiger partial charge in [-0.1, -0.05) is 42.5 Å². The summed E-state index contributed by atoms with van der Waals surface area (Å²) >= 11 is 0. The molecule has 1 aromatic heterocycles. The molecule has 0 saturated carbocycles. The molecule has 5 rings (SSSR count). The summed E-state index contributed by atoms with van der Waals surface area (Å²) in [7, 11) is 0. The van der Waals surface area contributed by atoms with E-state index in [1.165, 1.54) is 10.8 Å². The molecule has 1 aliphatic rings. The normalized spacial score (nSPS) is 14.4. The highest BCUT2D eigenvalue weighted by Crippen LogP contribution is 2.25. The molecule has 0 aliphatic carbocycles. The van der Waals surface area contributed by atoms with Crippen molar-refractivity contribution in [2.75, 3.05) is 31.2 Å². The molecule has 0 N–H and O–H groups in total. The second-order valence-corrected chi connectivity index (χ2v) is 7.13. The Hall–Kier alpha value is -3.31. The average molecular weight is 387 g/mol. The Bertz CT molecular complexity index is 1220. The quantitative estimate of drug-likeness (QED) is 0.521. The topological polar surface area (TPSA) is 51.9 Å². The molecule has 29 heavy (non-hydrogen) atoms. The summed E-state index contributed by atoms with van der Waals surface area (Å²) in [4.78, 5) is 14.6. The van der Waals surface area contributed by atoms with Crippen molar-refractivity contribution in [2.24, 2.45) is 0 Å². The van der Waals surface area contributed by atoms with Gasteiger partial charge in [0.2, 0.25) is 0 Å². The van der Waals surface area contributed by atoms with E-state index in [4.69, 9.17) is 13.9 Å². The van der Waals surface area contributed by atoms with Gasteiger partial charge < -0.3 is 18.8 Å². The van der Waals surface area contributed by atoms with Gasteiger partial charge in [-0.05, 0) is 28.5 Å². The van der Waals surface area contributed by atoms with E-state index in [0.717, 1.165) is 5.56 Å². The van der Waals surface area contributed by atoms with Gasteiger partial charge in [0.15, 0.2) is 11.3 Å². The lowest BCUT2D eigenvalue weighted by atomic mass is 10.1. The highest BCUT2D eigenvalue weighted by molar-refractivity contribution is 5.85. The second kappa shape index (κ2) is 7.60. The van der Waals surface area contributed by atoms with Crippen molar-refractivity contribution in [2.45, 2.75) is 6.61 Å². The number of fused-ring (bicyclic) bond motifs is 2. The number of morpholine rings is 1. The number of hydrogen-bond donors (Lipinski definition) is 0. The Morgan fingerprint density at radius 1 is 0.897 bits per heavy atom. The molecule has 0 unspecified atom stereocenters. The number of ether oxygens (including phenoxy) is 2. The fraction of sp³-hybridized carbons (Fsp3) is 0.208. The maximum absolute atomic E-state index is 12.5. The fourth-order valence-corrected chi connectivity index (χ4v) is 3.73. The Labute approximate surface area is 168 Å². The third kappa shape index (κ3) is 3.57. The zero-order valence-electron chi connectivity index (χ0n) is 16.0. The summed E-state index contributed by atoms with van der Waals surface area (Å²) < 4.78 is 17.5. The van der Waals surface area contributed by atoms with Gasteiger partial charge in [0, 0.05) is 25.2 Å². The van der Waals surface area contributed by atoms with Crippen molar-refractivity contribution in [3.63, 3.8) is 0 Å². The molecule has 0 radical (unpaired) electrons. The van der Waals surface area contributed by atoms with E-state index in [1.807, 2.05) is 29.2 Å². The molecule has 3 aromatic carbocycles. The number of benzene rings is 3. The third-order valence-corrected chi connectivity index (χ3v) is 5.28.